The minimum absolute atomic E-state index is 0.210. The zero-order chi connectivity index (χ0) is 30.2. The van der Waals surface area contributed by atoms with E-state index in [0.717, 1.165) is 35.1 Å². The van der Waals surface area contributed by atoms with Gasteiger partial charge < -0.3 is 10.2 Å². The van der Waals surface area contributed by atoms with Crippen LogP contribution in [0.15, 0.2) is 48.5 Å². The van der Waals surface area contributed by atoms with Crippen molar-refractivity contribution in [2.45, 2.75) is 84.2 Å². The van der Waals surface area contributed by atoms with Crippen molar-refractivity contribution >= 4 is 27.5 Å². The van der Waals surface area contributed by atoms with Gasteiger partial charge in [-0.15, -0.1) is 0 Å². The summed E-state index contributed by atoms with van der Waals surface area (Å²) >= 11 is 0. The van der Waals surface area contributed by atoms with Crippen molar-refractivity contribution in [3.05, 3.63) is 65.2 Å². The molecule has 2 aromatic rings. The maximum absolute atomic E-state index is 13.9. The number of hydrogen-bond donors (Lipinski definition) is 1. The second-order valence-corrected chi connectivity index (χ2v) is 15.7. The molecule has 42 heavy (non-hydrogen) atoms. The average Bonchev–Trinajstić information content (AvgIpc) is 2.92. The average molecular weight is 594 g/mol. The van der Waals surface area contributed by atoms with Gasteiger partial charge in [-0.2, -0.15) is 0 Å². The summed E-state index contributed by atoms with van der Waals surface area (Å²) < 4.78 is 27.3. The number of nitrogens with zero attached hydrogens (tertiary/aromatic N) is 2. The fourth-order valence-corrected chi connectivity index (χ4v) is 8.91. The molecular weight excluding hydrogens is 546 g/mol. The Morgan fingerprint density at radius 2 is 1.50 bits per heavy atom. The van der Waals surface area contributed by atoms with Gasteiger partial charge >= 0.3 is 0 Å². The van der Waals surface area contributed by atoms with E-state index in [2.05, 4.69) is 17.4 Å². The summed E-state index contributed by atoms with van der Waals surface area (Å²) in [6, 6.07) is 14.9. The van der Waals surface area contributed by atoms with Crippen molar-refractivity contribution in [1.82, 2.24) is 10.2 Å². The first kappa shape index (κ1) is 30.6. The van der Waals surface area contributed by atoms with Crippen LogP contribution in [-0.4, -0.2) is 50.5 Å². The summed E-state index contributed by atoms with van der Waals surface area (Å²) in [6.07, 6.45) is 8.94. The molecule has 4 fully saturated rings. The lowest BCUT2D eigenvalue weighted by atomic mass is 9.48. The third-order valence-electron chi connectivity index (χ3n) is 9.94. The Hall–Kier alpha value is -2.87. The van der Waals surface area contributed by atoms with Gasteiger partial charge in [0.25, 0.3) is 0 Å². The van der Waals surface area contributed by atoms with Crippen molar-refractivity contribution < 1.29 is 18.0 Å². The van der Waals surface area contributed by atoms with Gasteiger partial charge in [-0.1, -0.05) is 50.2 Å². The van der Waals surface area contributed by atoms with Gasteiger partial charge in [-0.3, -0.25) is 13.9 Å². The molecule has 0 aromatic heterocycles. The number of hydrogen-bond acceptors (Lipinski definition) is 4. The topological polar surface area (TPSA) is 86.8 Å². The predicted molar refractivity (Wildman–Crippen MR) is 168 cm³/mol. The van der Waals surface area contributed by atoms with Crippen LogP contribution in [0.3, 0.4) is 0 Å². The molecule has 0 aliphatic heterocycles. The van der Waals surface area contributed by atoms with Crippen LogP contribution in [0.5, 0.6) is 0 Å². The summed E-state index contributed by atoms with van der Waals surface area (Å²) in [7, 11) is -3.77. The second kappa shape index (κ2) is 12.0. The van der Waals surface area contributed by atoms with Gasteiger partial charge in [0.15, 0.2) is 0 Å². The molecule has 1 atom stereocenters. The summed E-state index contributed by atoms with van der Waals surface area (Å²) in [4.78, 5) is 28.5. The Labute approximate surface area is 252 Å². The molecule has 2 amide bonds. The molecule has 7 nitrogen and oxygen atoms in total. The van der Waals surface area contributed by atoms with E-state index >= 15 is 0 Å². The van der Waals surface area contributed by atoms with E-state index in [0.29, 0.717) is 12.2 Å². The Morgan fingerprint density at radius 1 is 0.929 bits per heavy atom. The Kier molecular flexibility index (Phi) is 8.75. The third kappa shape index (κ3) is 6.53. The first-order valence-electron chi connectivity index (χ1n) is 15.5. The highest BCUT2D eigenvalue weighted by molar-refractivity contribution is 7.92. The lowest BCUT2D eigenvalue weighted by Crippen LogP contribution is -2.51. The molecular formula is C34H47N3O4S. The molecule has 4 bridgehead atoms. The van der Waals surface area contributed by atoms with Crippen molar-refractivity contribution in [2.75, 3.05) is 23.7 Å². The number of rotatable bonds is 11. The number of anilines is 1. The van der Waals surface area contributed by atoms with Gasteiger partial charge in [-0.25, -0.2) is 8.42 Å². The first-order valence-corrected chi connectivity index (χ1v) is 17.4. The van der Waals surface area contributed by atoms with Crippen LogP contribution in [-0.2, 0) is 31.6 Å². The third-order valence-corrected chi connectivity index (χ3v) is 11.1. The maximum atomic E-state index is 13.9. The summed E-state index contributed by atoms with van der Waals surface area (Å²) in [6.45, 7) is 8.04. The molecule has 4 aliphatic carbocycles. The predicted octanol–water partition coefficient (Wildman–Crippen LogP) is 5.42. The zero-order valence-corrected chi connectivity index (χ0v) is 26.6. The number of carbonyl (C=O) groups is 2. The molecule has 1 unspecified atom stereocenters. The first-order chi connectivity index (χ1) is 19.8. The monoisotopic (exact) mass is 593 g/mol. The van der Waals surface area contributed by atoms with E-state index in [1.165, 1.54) is 53.3 Å². The highest BCUT2D eigenvalue weighted by Gasteiger charge is 2.51. The van der Waals surface area contributed by atoms with Gasteiger partial charge in [0.05, 0.1) is 11.9 Å². The molecule has 2 aromatic carbocycles. The molecule has 0 spiro atoms. The van der Waals surface area contributed by atoms with E-state index in [4.69, 9.17) is 0 Å². The Bertz CT molecular complexity index is 1370. The smallest absolute Gasteiger partial charge is 0.244 e. The zero-order valence-electron chi connectivity index (χ0n) is 25.8. The molecule has 8 heteroatoms. The standard InChI is InChI=1S/C34H47N3O4S/c1-23(2)20-35-33(39)25(4)36(21-29-9-7-6-8-24(29)3)32(38)22-37(42(5,40)41)31-12-10-30(11-13-31)34-17-26-14-27(18-34)16-28(15-26)19-34/h6-13,23,25-28H,14-22H2,1-5H3,(H,35,39). The highest BCUT2D eigenvalue weighted by atomic mass is 32.2. The van der Waals surface area contributed by atoms with Crippen LogP contribution in [0.2, 0.25) is 0 Å². The Morgan fingerprint density at radius 3 is 2.02 bits per heavy atom. The Balaban J connectivity index is 1.38. The number of carbonyl (C=O) groups excluding carboxylic acids is 2. The molecule has 0 heterocycles. The van der Waals surface area contributed by atoms with Crippen LogP contribution in [0, 0.1) is 30.6 Å². The van der Waals surface area contributed by atoms with E-state index in [-0.39, 0.29) is 30.3 Å². The van der Waals surface area contributed by atoms with E-state index in [1.807, 2.05) is 57.2 Å². The van der Waals surface area contributed by atoms with Gasteiger partial charge in [-0.05, 0) is 110 Å². The summed E-state index contributed by atoms with van der Waals surface area (Å²) in [5, 5.41) is 2.93. The number of benzene rings is 2. The van der Waals surface area contributed by atoms with Crippen molar-refractivity contribution in [3.8, 4) is 0 Å². The summed E-state index contributed by atoms with van der Waals surface area (Å²) in [5.41, 5.74) is 3.92. The van der Waals surface area contributed by atoms with Crippen LogP contribution in [0.4, 0.5) is 5.69 Å². The number of aryl methyl sites for hydroxylation is 1. The van der Waals surface area contributed by atoms with E-state index in [1.54, 1.807) is 6.92 Å². The van der Waals surface area contributed by atoms with E-state index in [9.17, 15) is 18.0 Å². The van der Waals surface area contributed by atoms with E-state index < -0.39 is 22.0 Å². The highest BCUT2D eigenvalue weighted by Crippen LogP contribution is 2.60. The van der Waals surface area contributed by atoms with Crippen LogP contribution >= 0.6 is 0 Å². The lowest BCUT2D eigenvalue weighted by molar-refractivity contribution is -0.139. The van der Waals surface area contributed by atoms with Gasteiger partial charge in [0, 0.05) is 13.1 Å². The number of amides is 2. The fraction of sp³-hybridized carbons (Fsp3) is 0.588. The molecule has 228 valence electrons. The molecule has 1 N–H and O–H groups in total. The van der Waals surface area contributed by atoms with Crippen molar-refractivity contribution in [1.29, 1.82) is 0 Å². The number of sulfonamides is 1. The minimum atomic E-state index is -3.77. The lowest BCUT2D eigenvalue weighted by Gasteiger charge is -2.57. The molecule has 0 saturated heterocycles. The van der Waals surface area contributed by atoms with Gasteiger partial charge in [0.1, 0.15) is 12.6 Å². The van der Waals surface area contributed by atoms with Gasteiger partial charge in [0.2, 0.25) is 21.8 Å². The molecule has 4 saturated carbocycles. The fourth-order valence-electron chi connectivity index (χ4n) is 8.07. The number of nitrogens with one attached hydrogen (secondary N) is 1. The second-order valence-electron chi connectivity index (χ2n) is 13.8. The van der Waals surface area contributed by atoms with Crippen molar-refractivity contribution in [3.63, 3.8) is 0 Å². The molecule has 4 aliphatic rings. The quantitative estimate of drug-likeness (QED) is 0.377. The maximum Gasteiger partial charge on any atom is 0.244 e. The van der Waals surface area contributed by atoms with Crippen LogP contribution in [0.25, 0.3) is 0 Å². The summed E-state index contributed by atoms with van der Waals surface area (Å²) in [5.74, 6) is 2.06. The van der Waals surface area contributed by atoms with Crippen molar-refractivity contribution in [2.24, 2.45) is 23.7 Å². The molecule has 0 radical (unpaired) electrons. The van der Waals surface area contributed by atoms with Crippen LogP contribution < -0.4 is 9.62 Å². The normalized spacial score (nSPS) is 25.3. The largest absolute Gasteiger partial charge is 0.354 e. The molecule has 6 rings (SSSR count). The van der Waals surface area contributed by atoms with Crippen LogP contribution in [0.1, 0.15) is 76.0 Å². The SMILES string of the molecule is Cc1ccccc1CN(C(=O)CN(c1ccc(C23CC4CC(CC(C4)C2)C3)cc1)S(C)(=O)=O)C(C)C(=O)NCC(C)C. The minimum Gasteiger partial charge on any atom is -0.354 e.